The van der Waals surface area contributed by atoms with Crippen LogP contribution in [0, 0.1) is 0 Å². The largest absolute Gasteiger partial charge is 0.380 e. The molecule has 13 heavy (non-hydrogen) atoms. The second-order valence-corrected chi connectivity index (χ2v) is 5.59. The highest BCUT2D eigenvalue weighted by atomic mass is 35.5. The third kappa shape index (κ3) is 2.80. The Kier molecular flexibility index (Phi) is 3.97. The maximum atomic E-state index is 11.5. The summed E-state index contributed by atoms with van der Waals surface area (Å²) < 4.78 is 29.5. The molecule has 78 valence electrons. The topological polar surface area (TPSA) is 46.6 Å². The molecule has 4 nitrogen and oxygen atoms in total. The minimum Gasteiger partial charge on any atom is -0.380 e. The van der Waals surface area contributed by atoms with Gasteiger partial charge in [0.1, 0.15) is 5.21 Å². The van der Waals surface area contributed by atoms with Crippen LogP contribution >= 0.6 is 11.6 Å². The summed E-state index contributed by atoms with van der Waals surface area (Å²) in [5.41, 5.74) is 0. The highest BCUT2D eigenvalue weighted by Crippen LogP contribution is 2.14. The number of alkyl halides is 1. The maximum absolute atomic E-state index is 11.5. The monoisotopic (exact) mass is 227 g/mol. The smallest absolute Gasteiger partial charge is 0.228 e. The first-order valence-electron chi connectivity index (χ1n) is 4.21. The molecule has 0 aliphatic carbocycles. The zero-order valence-electron chi connectivity index (χ0n) is 7.57. The molecule has 1 saturated heterocycles. The molecular weight excluding hydrogens is 214 g/mol. The standard InChI is InChI=1S/C7H14ClNO3S/c1-7-2-4-12-5-3-9(7)13(10,11)6-8/h7H,2-6H2,1H3. The maximum Gasteiger partial charge on any atom is 0.228 e. The second-order valence-electron chi connectivity index (χ2n) is 3.08. The van der Waals surface area contributed by atoms with Crippen LogP contribution in [0.2, 0.25) is 0 Å². The Labute approximate surface area is 83.9 Å². The van der Waals surface area contributed by atoms with Crippen molar-refractivity contribution in [2.75, 3.05) is 25.0 Å². The van der Waals surface area contributed by atoms with Crippen molar-refractivity contribution in [1.82, 2.24) is 4.31 Å². The Bertz CT molecular complexity index is 254. The average molecular weight is 228 g/mol. The van der Waals surface area contributed by atoms with Gasteiger partial charge < -0.3 is 4.74 Å². The number of hydrogen-bond donors (Lipinski definition) is 0. The van der Waals surface area contributed by atoms with Crippen LogP contribution in [0.15, 0.2) is 0 Å². The van der Waals surface area contributed by atoms with Crippen molar-refractivity contribution in [2.45, 2.75) is 19.4 Å². The Morgan fingerprint density at radius 1 is 1.54 bits per heavy atom. The van der Waals surface area contributed by atoms with Crippen LogP contribution in [0.1, 0.15) is 13.3 Å². The fourth-order valence-electron chi connectivity index (χ4n) is 1.35. The van der Waals surface area contributed by atoms with Crippen LogP contribution in [-0.2, 0) is 14.8 Å². The summed E-state index contributed by atoms with van der Waals surface area (Å²) in [5.74, 6) is 0. The number of rotatable bonds is 2. The van der Waals surface area contributed by atoms with Gasteiger partial charge in [0, 0.05) is 19.2 Å². The van der Waals surface area contributed by atoms with E-state index in [1.54, 1.807) is 0 Å². The van der Waals surface area contributed by atoms with Gasteiger partial charge in [-0.2, -0.15) is 4.31 Å². The third-order valence-corrected chi connectivity index (χ3v) is 4.48. The minimum absolute atomic E-state index is 0.00810. The number of hydrogen-bond acceptors (Lipinski definition) is 3. The molecule has 0 spiro atoms. The molecule has 6 heteroatoms. The Hall–Kier alpha value is 0.160. The van der Waals surface area contributed by atoms with Crippen LogP contribution in [-0.4, -0.2) is 43.7 Å². The van der Waals surface area contributed by atoms with E-state index in [9.17, 15) is 8.42 Å². The number of nitrogens with zero attached hydrogens (tertiary/aromatic N) is 1. The van der Waals surface area contributed by atoms with E-state index in [4.69, 9.17) is 16.3 Å². The summed E-state index contributed by atoms with van der Waals surface area (Å²) >= 11 is 5.37. The van der Waals surface area contributed by atoms with Gasteiger partial charge in [-0.3, -0.25) is 0 Å². The molecule has 0 saturated carbocycles. The SMILES string of the molecule is CC1CCOCCN1S(=O)(=O)CCl. The summed E-state index contributed by atoms with van der Waals surface area (Å²) in [6.07, 6.45) is 0.732. The van der Waals surface area contributed by atoms with E-state index in [0.29, 0.717) is 19.8 Å². The molecule has 0 radical (unpaired) electrons. The van der Waals surface area contributed by atoms with Gasteiger partial charge in [-0.1, -0.05) is 0 Å². The van der Waals surface area contributed by atoms with Crippen LogP contribution in [0.25, 0.3) is 0 Å². The van der Waals surface area contributed by atoms with E-state index < -0.39 is 10.0 Å². The summed E-state index contributed by atoms with van der Waals surface area (Å²) in [6.45, 7) is 3.37. The minimum atomic E-state index is -3.28. The zero-order chi connectivity index (χ0) is 9.90. The first-order chi connectivity index (χ1) is 6.08. The van der Waals surface area contributed by atoms with Gasteiger partial charge in [0.15, 0.2) is 0 Å². The van der Waals surface area contributed by atoms with Gasteiger partial charge >= 0.3 is 0 Å². The quantitative estimate of drug-likeness (QED) is 0.650. The van der Waals surface area contributed by atoms with Crippen molar-refractivity contribution in [3.63, 3.8) is 0 Å². The summed E-state index contributed by atoms with van der Waals surface area (Å²) in [5, 5.41) is -0.350. The van der Waals surface area contributed by atoms with Crippen molar-refractivity contribution in [3.8, 4) is 0 Å². The van der Waals surface area contributed by atoms with Crippen LogP contribution in [0.5, 0.6) is 0 Å². The van der Waals surface area contributed by atoms with Crippen LogP contribution < -0.4 is 0 Å². The fraction of sp³-hybridized carbons (Fsp3) is 1.00. The Balaban J connectivity index is 2.75. The lowest BCUT2D eigenvalue weighted by atomic mass is 10.2. The van der Waals surface area contributed by atoms with Gasteiger partial charge in [-0.15, -0.1) is 11.6 Å². The third-order valence-electron chi connectivity index (χ3n) is 2.12. The summed E-state index contributed by atoms with van der Waals surface area (Å²) in [4.78, 5) is 0. The van der Waals surface area contributed by atoms with E-state index in [0.717, 1.165) is 6.42 Å². The predicted octanol–water partition coefficient (Wildman–Crippen LogP) is 0.623. The van der Waals surface area contributed by atoms with E-state index >= 15 is 0 Å². The van der Waals surface area contributed by atoms with Gasteiger partial charge in [-0.25, -0.2) is 8.42 Å². The van der Waals surface area contributed by atoms with Crippen molar-refractivity contribution in [2.24, 2.45) is 0 Å². The van der Waals surface area contributed by atoms with E-state index in [1.807, 2.05) is 6.92 Å². The normalized spacial score (nSPS) is 27.1. The number of sulfonamides is 1. The van der Waals surface area contributed by atoms with Crippen molar-refractivity contribution in [1.29, 1.82) is 0 Å². The van der Waals surface area contributed by atoms with Crippen molar-refractivity contribution < 1.29 is 13.2 Å². The molecule has 1 heterocycles. The molecular formula is C7H14ClNO3S. The molecule has 0 amide bonds. The lowest BCUT2D eigenvalue weighted by molar-refractivity contribution is 0.148. The molecule has 1 atom stereocenters. The molecule has 0 aromatic heterocycles. The molecule has 1 unspecified atom stereocenters. The van der Waals surface area contributed by atoms with Crippen molar-refractivity contribution >= 4 is 21.6 Å². The summed E-state index contributed by atoms with van der Waals surface area (Å²) in [6, 6.07) is -0.00810. The molecule has 0 bridgehead atoms. The van der Waals surface area contributed by atoms with E-state index in [-0.39, 0.29) is 11.3 Å². The first-order valence-corrected chi connectivity index (χ1v) is 6.35. The summed E-state index contributed by atoms with van der Waals surface area (Å²) in [7, 11) is -3.28. The van der Waals surface area contributed by atoms with Gasteiger partial charge in [0.25, 0.3) is 0 Å². The van der Waals surface area contributed by atoms with E-state index in [2.05, 4.69) is 0 Å². The Morgan fingerprint density at radius 3 is 2.85 bits per heavy atom. The molecule has 1 aliphatic rings. The first kappa shape index (κ1) is 11.2. The lowest BCUT2D eigenvalue weighted by Gasteiger charge is -2.24. The Morgan fingerprint density at radius 2 is 2.23 bits per heavy atom. The molecule has 0 aromatic rings. The van der Waals surface area contributed by atoms with Gasteiger partial charge in [-0.05, 0) is 13.3 Å². The highest BCUT2D eigenvalue weighted by Gasteiger charge is 2.27. The average Bonchev–Trinajstić information content (AvgIpc) is 2.30. The molecule has 0 N–H and O–H groups in total. The number of halogens is 1. The second kappa shape index (κ2) is 4.59. The highest BCUT2D eigenvalue weighted by molar-refractivity contribution is 7.90. The lowest BCUT2D eigenvalue weighted by Crippen LogP contribution is -2.39. The zero-order valence-corrected chi connectivity index (χ0v) is 9.14. The molecule has 0 aromatic carbocycles. The van der Waals surface area contributed by atoms with Gasteiger partial charge in [0.2, 0.25) is 10.0 Å². The van der Waals surface area contributed by atoms with Gasteiger partial charge in [0.05, 0.1) is 6.61 Å². The number of ether oxygens (including phenoxy) is 1. The molecule has 1 rings (SSSR count). The molecule has 1 fully saturated rings. The van der Waals surface area contributed by atoms with Crippen LogP contribution in [0.4, 0.5) is 0 Å². The van der Waals surface area contributed by atoms with Crippen LogP contribution in [0.3, 0.4) is 0 Å². The van der Waals surface area contributed by atoms with Crippen molar-refractivity contribution in [3.05, 3.63) is 0 Å². The molecule has 1 aliphatic heterocycles. The fourth-order valence-corrected chi connectivity index (χ4v) is 2.86. The van der Waals surface area contributed by atoms with E-state index in [1.165, 1.54) is 4.31 Å². The predicted molar refractivity (Wildman–Crippen MR) is 51.2 cm³/mol.